The number of β-amino-alcohol motifs (C(OH)–C–C–N with tert-alkyl or cyclic N) is 1. The summed E-state index contributed by atoms with van der Waals surface area (Å²) in [6, 6.07) is -0.0397. The average molecular weight is 268 g/mol. The Morgan fingerprint density at radius 3 is 3.16 bits per heavy atom. The van der Waals surface area contributed by atoms with Crippen LogP contribution < -0.4 is 5.32 Å². The van der Waals surface area contributed by atoms with Gasteiger partial charge < -0.3 is 19.7 Å². The molecule has 106 valence electrons. The van der Waals surface area contributed by atoms with Crippen molar-refractivity contribution in [1.82, 2.24) is 20.4 Å². The molecule has 0 saturated carbocycles. The van der Waals surface area contributed by atoms with Gasteiger partial charge in [0.15, 0.2) is 0 Å². The van der Waals surface area contributed by atoms with E-state index in [9.17, 15) is 5.11 Å². The first kappa shape index (κ1) is 13.0. The molecule has 2 fully saturated rings. The highest BCUT2D eigenvalue weighted by atomic mass is 16.5. The van der Waals surface area contributed by atoms with E-state index < -0.39 is 0 Å². The van der Waals surface area contributed by atoms with Crippen LogP contribution in [0.25, 0.3) is 0 Å². The summed E-state index contributed by atoms with van der Waals surface area (Å²) in [5.41, 5.74) is 0. The standard InChI is InChI=1S/C12H20N4O3/c1-2-16-3-4-18-10(7-16)11-14-12(19-15-11)9-5-8(17)6-13-9/h8-10,13,17H,2-7H2,1H3/t8-,9+,10?/m0/s1. The third-order valence-corrected chi connectivity index (χ3v) is 3.75. The van der Waals surface area contributed by atoms with Gasteiger partial charge in [-0.1, -0.05) is 12.1 Å². The number of aliphatic hydroxyl groups excluding tert-OH is 1. The van der Waals surface area contributed by atoms with Gasteiger partial charge in [0.05, 0.1) is 18.8 Å². The molecule has 1 aromatic heterocycles. The SMILES string of the molecule is CCN1CCOC(c2noc([C@H]3C[C@H](O)CN3)n2)C1. The normalized spacial score (nSPS) is 32.8. The van der Waals surface area contributed by atoms with E-state index in [4.69, 9.17) is 9.26 Å². The minimum absolute atomic E-state index is 0.0397. The van der Waals surface area contributed by atoms with Crippen molar-refractivity contribution in [2.45, 2.75) is 31.6 Å². The second kappa shape index (κ2) is 5.54. The van der Waals surface area contributed by atoms with Gasteiger partial charge in [0.2, 0.25) is 11.7 Å². The molecule has 7 nitrogen and oxygen atoms in total. The molecular formula is C12H20N4O3. The van der Waals surface area contributed by atoms with Gasteiger partial charge >= 0.3 is 0 Å². The fourth-order valence-electron chi connectivity index (χ4n) is 2.57. The van der Waals surface area contributed by atoms with Gasteiger partial charge in [-0.2, -0.15) is 4.98 Å². The number of aliphatic hydroxyl groups is 1. The van der Waals surface area contributed by atoms with E-state index >= 15 is 0 Å². The predicted octanol–water partition coefficient (Wildman–Crippen LogP) is -0.142. The minimum atomic E-state index is -0.332. The predicted molar refractivity (Wildman–Crippen MR) is 66.5 cm³/mol. The Morgan fingerprint density at radius 2 is 2.42 bits per heavy atom. The molecule has 2 aliphatic heterocycles. The van der Waals surface area contributed by atoms with E-state index in [1.54, 1.807) is 0 Å². The summed E-state index contributed by atoms with van der Waals surface area (Å²) in [7, 11) is 0. The van der Waals surface area contributed by atoms with Crippen LogP contribution in [-0.4, -0.2) is 59.0 Å². The van der Waals surface area contributed by atoms with E-state index in [1.807, 2.05) is 0 Å². The van der Waals surface area contributed by atoms with E-state index in [1.165, 1.54) is 0 Å². The molecule has 2 N–H and O–H groups in total. The minimum Gasteiger partial charge on any atom is -0.392 e. The molecule has 0 bridgehead atoms. The Labute approximate surface area is 111 Å². The van der Waals surface area contributed by atoms with Gasteiger partial charge in [-0.25, -0.2) is 0 Å². The van der Waals surface area contributed by atoms with Gasteiger partial charge in [0.1, 0.15) is 6.10 Å². The summed E-state index contributed by atoms with van der Waals surface area (Å²) in [4.78, 5) is 6.72. The lowest BCUT2D eigenvalue weighted by Gasteiger charge is -2.30. The van der Waals surface area contributed by atoms with E-state index in [0.717, 1.165) is 19.6 Å². The third kappa shape index (κ3) is 2.79. The van der Waals surface area contributed by atoms with Crippen LogP contribution in [0.2, 0.25) is 0 Å². The summed E-state index contributed by atoms with van der Waals surface area (Å²) in [5.74, 6) is 1.15. The Bertz CT molecular complexity index is 425. The largest absolute Gasteiger partial charge is 0.392 e. The molecule has 0 amide bonds. The number of rotatable bonds is 3. The highest BCUT2D eigenvalue weighted by Crippen LogP contribution is 2.25. The first-order valence-corrected chi connectivity index (χ1v) is 6.85. The van der Waals surface area contributed by atoms with Crippen molar-refractivity contribution in [2.75, 3.05) is 32.8 Å². The summed E-state index contributed by atoms with van der Waals surface area (Å²) >= 11 is 0. The molecule has 3 rings (SSSR count). The maximum atomic E-state index is 9.50. The average Bonchev–Trinajstić information content (AvgIpc) is 3.07. The second-order valence-electron chi connectivity index (χ2n) is 5.09. The number of likely N-dealkylation sites (N-methyl/N-ethyl adjacent to an activating group) is 1. The highest BCUT2D eigenvalue weighted by Gasteiger charge is 2.31. The van der Waals surface area contributed by atoms with Crippen molar-refractivity contribution < 1.29 is 14.4 Å². The lowest BCUT2D eigenvalue weighted by molar-refractivity contribution is -0.0334. The Balaban J connectivity index is 1.67. The van der Waals surface area contributed by atoms with Gasteiger partial charge in [-0.15, -0.1) is 0 Å². The molecule has 2 saturated heterocycles. The Kier molecular flexibility index (Phi) is 3.79. The molecular weight excluding hydrogens is 248 g/mol. The Morgan fingerprint density at radius 1 is 1.53 bits per heavy atom. The van der Waals surface area contributed by atoms with Gasteiger partial charge in [0.25, 0.3) is 0 Å². The zero-order valence-corrected chi connectivity index (χ0v) is 11.1. The molecule has 2 aliphatic rings. The smallest absolute Gasteiger partial charge is 0.243 e. The van der Waals surface area contributed by atoms with Gasteiger partial charge in [-0.05, 0) is 13.0 Å². The van der Waals surface area contributed by atoms with Crippen molar-refractivity contribution in [2.24, 2.45) is 0 Å². The zero-order chi connectivity index (χ0) is 13.2. The number of hydrogen-bond acceptors (Lipinski definition) is 7. The van der Waals surface area contributed by atoms with E-state index in [0.29, 0.717) is 31.3 Å². The lowest BCUT2D eigenvalue weighted by atomic mass is 10.2. The van der Waals surface area contributed by atoms with Crippen molar-refractivity contribution in [1.29, 1.82) is 0 Å². The highest BCUT2D eigenvalue weighted by molar-refractivity contribution is 5.00. The molecule has 3 atom stereocenters. The number of ether oxygens (including phenoxy) is 1. The molecule has 1 unspecified atom stereocenters. The molecule has 7 heteroatoms. The van der Waals surface area contributed by atoms with Crippen LogP contribution in [-0.2, 0) is 4.74 Å². The van der Waals surface area contributed by atoms with Crippen molar-refractivity contribution >= 4 is 0 Å². The number of nitrogens with one attached hydrogen (secondary N) is 1. The molecule has 0 aromatic carbocycles. The summed E-state index contributed by atoms with van der Waals surface area (Å²) < 4.78 is 11.0. The quantitative estimate of drug-likeness (QED) is 0.789. The van der Waals surface area contributed by atoms with E-state index in [2.05, 4.69) is 27.3 Å². The van der Waals surface area contributed by atoms with Gasteiger partial charge in [0, 0.05) is 19.6 Å². The monoisotopic (exact) mass is 268 g/mol. The maximum Gasteiger partial charge on any atom is 0.243 e. The Hall–Kier alpha value is -1.02. The number of nitrogens with zero attached hydrogens (tertiary/aromatic N) is 3. The molecule has 1 aromatic rings. The van der Waals surface area contributed by atoms with Crippen LogP contribution in [0, 0.1) is 0 Å². The summed E-state index contributed by atoms with van der Waals surface area (Å²) in [6.45, 7) is 6.16. The maximum absolute atomic E-state index is 9.50. The molecule has 0 spiro atoms. The van der Waals surface area contributed by atoms with Crippen LogP contribution >= 0.6 is 0 Å². The molecule has 3 heterocycles. The lowest BCUT2D eigenvalue weighted by Crippen LogP contribution is -2.38. The van der Waals surface area contributed by atoms with Gasteiger partial charge in [-0.3, -0.25) is 4.90 Å². The van der Waals surface area contributed by atoms with E-state index in [-0.39, 0.29) is 18.2 Å². The third-order valence-electron chi connectivity index (χ3n) is 3.75. The first-order chi connectivity index (χ1) is 9.26. The number of hydrogen-bond donors (Lipinski definition) is 2. The second-order valence-corrected chi connectivity index (χ2v) is 5.09. The van der Waals surface area contributed by atoms with Crippen LogP contribution in [0.15, 0.2) is 4.52 Å². The molecule has 0 aliphatic carbocycles. The van der Waals surface area contributed by atoms with Crippen LogP contribution in [0.3, 0.4) is 0 Å². The van der Waals surface area contributed by atoms with Crippen LogP contribution in [0.4, 0.5) is 0 Å². The van der Waals surface area contributed by atoms with Crippen LogP contribution in [0.1, 0.15) is 37.2 Å². The van der Waals surface area contributed by atoms with Crippen LogP contribution in [0.5, 0.6) is 0 Å². The number of morpholine rings is 1. The van der Waals surface area contributed by atoms with Crippen molar-refractivity contribution in [3.05, 3.63) is 11.7 Å². The van der Waals surface area contributed by atoms with Crippen molar-refractivity contribution in [3.8, 4) is 0 Å². The molecule has 19 heavy (non-hydrogen) atoms. The fourth-order valence-corrected chi connectivity index (χ4v) is 2.57. The fraction of sp³-hybridized carbons (Fsp3) is 0.833. The van der Waals surface area contributed by atoms with Crippen molar-refractivity contribution in [3.63, 3.8) is 0 Å². The summed E-state index contributed by atoms with van der Waals surface area (Å²) in [6.07, 6.45) is 0.174. The first-order valence-electron chi connectivity index (χ1n) is 6.85. The zero-order valence-electron chi connectivity index (χ0n) is 11.1. The summed E-state index contributed by atoms with van der Waals surface area (Å²) in [5, 5.41) is 16.7. The number of aromatic nitrogens is 2. The molecule has 0 radical (unpaired) electrons. The topological polar surface area (TPSA) is 83.7 Å².